The third-order valence-corrected chi connectivity index (χ3v) is 3.57. The van der Waals surface area contributed by atoms with E-state index >= 15 is 0 Å². The van der Waals surface area contributed by atoms with Crippen LogP contribution < -0.4 is 10.2 Å². The molecular weight excluding hydrogens is 279 g/mol. The minimum Gasteiger partial charge on any atom is -0.370 e. The van der Waals surface area contributed by atoms with Gasteiger partial charge < -0.3 is 10.2 Å². The molecule has 1 aliphatic carbocycles. The molecule has 0 aliphatic heterocycles. The molecule has 0 saturated heterocycles. The molecule has 1 saturated carbocycles. The van der Waals surface area contributed by atoms with Gasteiger partial charge in [0.05, 0.1) is 5.56 Å². The summed E-state index contributed by atoms with van der Waals surface area (Å²) in [6.07, 6.45) is -2.05. The second kappa shape index (κ2) is 6.12. The number of hydrogen-bond acceptors (Lipinski definition) is 3. The largest absolute Gasteiger partial charge is 0.416 e. The Morgan fingerprint density at radius 3 is 2.48 bits per heavy atom. The fourth-order valence-corrected chi connectivity index (χ4v) is 2.25. The van der Waals surface area contributed by atoms with Crippen LogP contribution in [0.5, 0.6) is 0 Å². The second-order valence-electron chi connectivity index (χ2n) is 5.82. The van der Waals surface area contributed by atoms with E-state index in [1.165, 1.54) is 0 Å². The molecule has 1 aliphatic rings. The lowest BCUT2D eigenvalue weighted by Crippen LogP contribution is -2.34. The monoisotopic (exact) mass is 301 g/mol. The third-order valence-electron chi connectivity index (χ3n) is 3.57. The Labute approximate surface area is 123 Å². The molecule has 0 aromatic carbocycles. The highest BCUT2D eigenvalue weighted by atomic mass is 19.4. The van der Waals surface area contributed by atoms with Gasteiger partial charge >= 0.3 is 6.18 Å². The number of halogens is 3. The zero-order valence-corrected chi connectivity index (χ0v) is 12.7. The maximum Gasteiger partial charge on any atom is 0.416 e. The second-order valence-corrected chi connectivity index (χ2v) is 5.82. The fourth-order valence-electron chi connectivity index (χ4n) is 2.25. The van der Waals surface area contributed by atoms with E-state index in [1.54, 1.807) is 0 Å². The molecule has 0 radical (unpaired) electrons. The van der Waals surface area contributed by atoms with Crippen molar-refractivity contribution in [2.45, 2.75) is 45.8 Å². The molecule has 21 heavy (non-hydrogen) atoms. The normalized spacial score (nSPS) is 15.4. The minimum absolute atomic E-state index is 0.121. The number of rotatable bonds is 6. The van der Waals surface area contributed by atoms with E-state index in [2.05, 4.69) is 10.3 Å². The molecule has 1 heterocycles. The zero-order valence-electron chi connectivity index (χ0n) is 12.7. The highest BCUT2D eigenvalue weighted by Crippen LogP contribution is 2.35. The van der Waals surface area contributed by atoms with Gasteiger partial charge in [-0.3, -0.25) is 0 Å². The zero-order chi connectivity index (χ0) is 15.6. The van der Waals surface area contributed by atoms with E-state index in [9.17, 15) is 13.2 Å². The van der Waals surface area contributed by atoms with Gasteiger partial charge in [0.25, 0.3) is 0 Å². The number of aromatic nitrogens is 1. The third kappa shape index (κ3) is 4.25. The summed E-state index contributed by atoms with van der Waals surface area (Å²) in [5, 5.41) is 2.89. The molecule has 118 valence electrons. The van der Waals surface area contributed by atoms with Crippen molar-refractivity contribution in [1.82, 2.24) is 4.98 Å². The molecule has 1 N–H and O–H groups in total. The molecule has 0 amide bonds. The molecular formula is C15H22F3N3. The van der Waals surface area contributed by atoms with Crippen LogP contribution in [0.4, 0.5) is 24.8 Å². The summed E-state index contributed by atoms with van der Waals surface area (Å²) in [7, 11) is 0. The van der Waals surface area contributed by atoms with Crippen LogP contribution in [0, 0.1) is 5.92 Å². The van der Waals surface area contributed by atoms with Crippen LogP contribution in [0.3, 0.4) is 0 Å². The summed E-state index contributed by atoms with van der Waals surface area (Å²) < 4.78 is 39.2. The van der Waals surface area contributed by atoms with Crippen molar-refractivity contribution in [3.8, 4) is 0 Å². The standard InChI is InChI=1S/C15H22F3N3/c1-4-19-13-7-12(15(16,17)18)8-14(20-13)21(10(2)3)9-11-5-6-11/h7-8,10-11H,4-6,9H2,1-3H3,(H,19,20). The Balaban J connectivity index is 2.36. The van der Waals surface area contributed by atoms with E-state index in [1.807, 2.05) is 25.7 Å². The van der Waals surface area contributed by atoms with Gasteiger partial charge in [-0.05, 0) is 51.7 Å². The summed E-state index contributed by atoms with van der Waals surface area (Å²) >= 11 is 0. The van der Waals surface area contributed by atoms with Crippen LogP contribution in [0.1, 0.15) is 39.2 Å². The van der Waals surface area contributed by atoms with Gasteiger partial charge in [0.1, 0.15) is 11.6 Å². The van der Waals surface area contributed by atoms with Crippen molar-refractivity contribution in [1.29, 1.82) is 0 Å². The SMILES string of the molecule is CCNc1cc(C(F)(F)F)cc(N(CC2CC2)C(C)C)n1. The molecule has 1 aromatic rings. The van der Waals surface area contributed by atoms with Crippen molar-refractivity contribution < 1.29 is 13.2 Å². The van der Waals surface area contributed by atoms with Gasteiger partial charge in [-0.1, -0.05) is 0 Å². The highest BCUT2D eigenvalue weighted by molar-refractivity contribution is 5.52. The molecule has 0 unspecified atom stereocenters. The van der Waals surface area contributed by atoms with Crippen molar-refractivity contribution in [2.75, 3.05) is 23.3 Å². The predicted molar refractivity (Wildman–Crippen MR) is 78.6 cm³/mol. The Morgan fingerprint density at radius 2 is 2.00 bits per heavy atom. The van der Waals surface area contributed by atoms with E-state index in [-0.39, 0.29) is 11.9 Å². The Kier molecular flexibility index (Phi) is 4.64. The summed E-state index contributed by atoms with van der Waals surface area (Å²) in [6, 6.07) is 2.35. The summed E-state index contributed by atoms with van der Waals surface area (Å²) in [4.78, 5) is 6.32. The topological polar surface area (TPSA) is 28.2 Å². The fraction of sp³-hybridized carbons (Fsp3) is 0.667. The average Bonchev–Trinajstić information content (AvgIpc) is 3.18. The summed E-state index contributed by atoms with van der Waals surface area (Å²) in [6.45, 7) is 7.12. The summed E-state index contributed by atoms with van der Waals surface area (Å²) in [5.74, 6) is 1.28. The Bertz CT molecular complexity index is 482. The number of nitrogens with zero attached hydrogens (tertiary/aromatic N) is 2. The molecule has 2 rings (SSSR count). The molecule has 1 aromatic heterocycles. The highest BCUT2D eigenvalue weighted by Gasteiger charge is 2.33. The molecule has 6 heteroatoms. The van der Waals surface area contributed by atoms with Crippen LogP contribution >= 0.6 is 0 Å². The van der Waals surface area contributed by atoms with E-state index < -0.39 is 11.7 Å². The molecule has 0 spiro atoms. The number of pyridine rings is 1. The molecule has 0 atom stereocenters. The number of alkyl halides is 3. The van der Waals surface area contributed by atoms with Gasteiger partial charge in [0.15, 0.2) is 0 Å². The Hall–Kier alpha value is -1.46. The summed E-state index contributed by atoms with van der Waals surface area (Å²) in [5.41, 5.74) is -0.648. The lowest BCUT2D eigenvalue weighted by Gasteiger charge is -2.29. The van der Waals surface area contributed by atoms with E-state index in [0.717, 1.165) is 31.5 Å². The van der Waals surface area contributed by atoms with Crippen molar-refractivity contribution in [2.24, 2.45) is 5.92 Å². The first-order valence-corrected chi connectivity index (χ1v) is 7.41. The Morgan fingerprint density at radius 1 is 1.33 bits per heavy atom. The lowest BCUT2D eigenvalue weighted by atomic mass is 10.2. The van der Waals surface area contributed by atoms with Crippen molar-refractivity contribution in [3.63, 3.8) is 0 Å². The maximum absolute atomic E-state index is 13.1. The van der Waals surface area contributed by atoms with Gasteiger partial charge in [-0.15, -0.1) is 0 Å². The van der Waals surface area contributed by atoms with E-state index in [4.69, 9.17) is 0 Å². The first-order chi connectivity index (χ1) is 9.81. The van der Waals surface area contributed by atoms with E-state index in [0.29, 0.717) is 18.3 Å². The van der Waals surface area contributed by atoms with Crippen LogP contribution in [-0.4, -0.2) is 24.1 Å². The predicted octanol–water partition coefficient (Wildman–Crippen LogP) is 4.16. The molecule has 1 fully saturated rings. The van der Waals surface area contributed by atoms with Crippen LogP contribution in [0.25, 0.3) is 0 Å². The smallest absolute Gasteiger partial charge is 0.370 e. The van der Waals surface area contributed by atoms with Crippen LogP contribution in [-0.2, 0) is 6.18 Å². The quantitative estimate of drug-likeness (QED) is 0.855. The maximum atomic E-state index is 13.1. The van der Waals surface area contributed by atoms with Crippen molar-refractivity contribution in [3.05, 3.63) is 17.7 Å². The van der Waals surface area contributed by atoms with Crippen molar-refractivity contribution >= 4 is 11.6 Å². The number of anilines is 2. The van der Waals surface area contributed by atoms with Gasteiger partial charge in [-0.25, -0.2) is 4.98 Å². The average molecular weight is 301 g/mol. The number of hydrogen-bond donors (Lipinski definition) is 1. The van der Waals surface area contributed by atoms with Crippen LogP contribution in [0.15, 0.2) is 12.1 Å². The first-order valence-electron chi connectivity index (χ1n) is 7.41. The lowest BCUT2D eigenvalue weighted by molar-refractivity contribution is -0.137. The van der Waals surface area contributed by atoms with Crippen LogP contribution in [0.2, 0.25) is 0 Å². The van der Waals surface area contributed by atoms with Gasteiger partial charge in [0, 0.05) is 19.1 Å². The number of nitrogens with one attached hydrogen (secondary N) is 1. The molecule has 3 nitrogen and oxygen atoms in total. The van der Waals surface area contributed by atoms with Gasteiger partial charge in [0.2, 0.25) is 0 Å². The first kappa shape index (κ1) is 15.9. The minimum atomic E-state index is -4.36. The molecule has 0 bridgehead atoms. The van der Waals surface area contributed by atoms with Gasteiger partial charge in [-0.2, -0.15) is 13.2 Å².